The van der Waals surface area contributed by atoms with Gasteiger partial charge < -0.3 is 15.3 Å². The quantitative estimate of drug-likeness (QED) is 0.740. The van der Waals surface area contributed by atoms with Crippen molar-refractivity contribution >= 4 is 27.5 Å². The standard InChI is InChI=1S/C9H10BrClO3/c10-5-1-2-7(12)6(3-5)9(14)8(13)4-11/h1-3,8-9,12-14H,4H2. The second kappa shape index (κ2) is 4.98. The van der Waals surface area contributed by atoms with Crippen molar-refractivity contribution in [2.75, 3.05) is 5.88 Å². The first-order valence-corrected chi connectivity index (χ1v) is 5.29. The monoisotopic (exact) mass is 280 g/mol. The predicted molar refractivity (Wildman–Crippen MR) is 57.5 cm³/mol. The van der Waals surface area contributed by atoms with Crippen LogP contribution in [0.2, 0.25) is 0 Å². The Labute approximate surface area is 95.1 Å². The van der Waals surface area contributed by atoms with Crippen LogP contribution in [0.5, 0.6) is 5.75 Å². The van der Waals surface area contributed by atoms with Crippen LogP contribution in [0.3, 0.4) is 0 Å². The molecule has 0 bridgehead atoms. The van der Waals surface area contributed by atoms with Gasteiger partial charge in [0, 0.05) is 10.0 Å². The van der Waals surface area contributed by atoms with Crippen molar-refractivity contribution in [1.29, 1.82) is 0 Å². The topological polar surface area (TPSA) is 60.7 Å². The van der Waals surface area contributed by atoms with Crippen LogP contribution < -0.4 is 0 Å². The molecule has 2 unspecified atom stereocenters. The van der Waals surface area contributed by atoms with E-state index in [0.29, 0.717) is 4.47 Å². The minimum absolute atomic E-state index is 0.0649. The fraction of sp³-hybridized carbons (Fsp3) is 0.333. The van der Waals surface area contributed by atoms with Gasteiger partial charge in [0.2, 0.25) is 0 Å². The van der Waals surface area contributed by atoms with Crippen molar-refractivity contribution in [3.8, 4) is 5.75 Å². The molecule has 3 N–H and O–H groups in total. The molecule has 1 aromatic carbocycles. The largest absolute Gasteiger partial charge is 0.508 e. The molecule has 3 nitrogen and oxygen atoms in total. The van der Waals surface area contributed by atoms with Crippen LogP contribution >= 0.6 is 27.5 Å². The summed E-state index contributed by atoms with van der Waals surface area (Å²) in [5.41, 5.74) is 0.257. The number of phenols is 1. The number of hydrogen-bond donors (Lipinski definition) is 3. The molecule has 0 radical (unpaired) electrons. The Morgan fingerprint density at radius 2 is 2.00 bits per heavy atom. The third-order valence-electron chi connectivity index (χ3n) is 1.83. The summed E-state index contributed by atoms with van der Waals surface area (Å²) < 4.78 is 0.714. The van der Waals surface area contributed by atoms with Gasteiger partial charge in [-0.3, -0.25) is 0 Å². The van der Waals surface area contributed by atoms with Crippen LogP contribution in [-0.4, -0.2) is 27.3 Å². The number of rotatable bonds is 3. The molecule has 78 valence electrons. The van der Waals surface area contributed by atoms with E-state index >= 15 is 0 Å². The minimum atomic E-state index is -1.18. The number of phenolic OH excluding ortho intramolecular Hbond substituents is 1. The fourth-order valence-corrected chi connectivity index (χ4v) is 1.60. The summed E-state index contributed by atoms with van der Waals surface area (Å²) in [4.78, 5) is 0. The highest BCUT2D eigenvalue weighted by Gasteiger charge is 2.20. The molecule has 0 saturated heterocycles. The van der Waals surface area contributed by atoms with E-state index in [1.54, 1.807) is 6.07 Å². The van der Waals surface area contributed by atoms with Crippen LogP contribution in [0.4, 0.5) is 0 Å². The first-order chi connectivity index (χ1) is 6.56. The highest BCUT2D eigenvalue weighted by Crippen LogP contribution is 2.29. The lowest BCUT2D eigenvalue weighted by Crippen LogP contribution is -2.19. The zero-order valence-electron chi connectivity index (χ0n) is 7.19. The Kier molecular flexibility index (Phi) is 4.19. The van der Waals surface area contributed by atoms with Crippen molar-refractivity contribution in [2.45, 2.75) is 12.2 Å². The number of alkyl halides is 1. The van der Waals surface area contributed by atoms with Gasteiger partial charge in [-0.15, -0.1) is 11.6 Å². The van der Waals surface area contributed by atoms with Gasteiger partial charge in [-0.2, -0.15) is 0 Å². The number of aliphatic hydroxyl groups excluding tert-OH is 2. The van der Waals surface area contributed by atoms with Gasteiger partial charge in [0.05, 0.1) is 12.0 Å². The van der Waals surface area contributed by atoms with Crippen molar-refractivity contribution < 1.29 is 15.3 Å². The fourth-order valence-electron chi connectivity index (χ4n) is 1.05. The van der Waals surface area contributed by atoms with Gasteiger partial charge in [-0.25, -0.2) is 0 Å². The lowest BCUT2D eigenvalue weighted by molar-refractivity contribution is 0.0312. The molecule has 0 aliphatic heterocycles. The highest BCUT2D eigenvalue weighted by molar-refractivity contribution is 9.10. The predicted octanol–water partition coefficient (Wildman–Crippen LogP) is 1.79. The third-order valence-corrected chi connectivity index (χ3v) is 2.64. The number of aromatic hydroxyl groups is 1. The lowest BCUT2D eigenvalue weighted by atomic mass is 10.0. The van der Waals surface area contributed by atoms with E-state index in [1.807, 2.05) is 0 Å². The van der Waals surface area contributed by atoms with E-state index in [2.05, 4.69) is 15.9 Å². The van der Waals surface area contributed by atoms with E-state index in [4.69, 9.17) is 11.6 Å². The van der Waals surface area contributed by atoms with E-state index in [9.17, 15) is 15.3 Å². The molecule has 0 spiro atoms. The smallest absolute Gasteiger partial charge is 0.121 e. The molecule has 1 aromatic rings. The summed E-state index contributed by atoms with van der Waals surface area (Å²) in [5, 5.41) is 28.3. The number of benzene rings is 1. The van der Waals surface area contributed by atoms with Crippen LogP contribution in [-0.2, 0) is 0 Å². The number of aliphatic hydroxyl groups is 2. The van der Waals surface area contributed by atoms with E-state index in [0.717, 1.165) is 0 Å². The first kappa shape index (κ1) is 11.8. The highest BCUT2D eigenvalue weighted by atomic mass is 79.9. The Balaban J connectivity index is 2.99. The molecule has 14 heavy (non-hydrogen) atoms. The second-order valence-electron chi connectivity index (χ2n) is 2.87. The number of hydrogen-bond acceptors (Lipinski definition) is 3. The zero-order chi connectivity index (χ0) is 10.7. The van der Waals surface area contributed by atoms with Crippen molar-refractivity contribution in [1.82, 2.24) is 0 Å². The molecule has 0 amide bonds. The van der Waals surface area contributed by atoms with Gasteiger partial charge >= 0.3 is 0 Å². The number of halogens is 2. The van der Waals surface area contributed by atoms with Crippen LogP contribution in [0.25, 0.3) is 0 Å². The zero-order valence-corrected chi connectivity index (χ0v) is 9.53. The maximum atomic E-state index is 9.58. The molecule has 2 atom stereocenters. The Hall–Kier alpha value is -0.290. The van der Waals surface area contributed by atoms with Gasteiger partial charge in [0.15, 0.2) is 0 Å². The summed E-state index contributed by atoms with van der Waals surface area (Å²) in [6.45, 7) is 0. The molecule has 0 aliphatic rings. The molecule has 1 rings (SSSR count). The van der Waals surface area contributed by atoms with Gasteiger partial charge in [-0.1, -0.05) is 15.9 Å². The molecule has 5 heteroatoms. The maximum Gasteiger partial charge on any atom is 0.121 e. The molecule has 0 aliphatic carbocycles. The van der Waals surface area contributed by atoms with Crippen molar-refractivity contribution in [3.05, 3.63) is 28.2 Å². The second-order valence-corrected chi connectivity index (χ2v) is 4.09. The maximum absolute atomic E-state index is 9.58. The molecule has 0 fully saturated rings. The van der Waals surface area contributed by atoms with Crippen LogP contribution in [0, 0.1) is 0 Å². The summed E-state index contributed by atoms with van der Waals surface area (Å²) >= 11 is 8.58. The van der Waals surface area contributed by atoms with Crippen molar-refractivity contribution in [3.63, 3.8) is 0 Å². The van der Waals surface area contributed by atoms with Crippen molar-refractivity contribution in [2.24, 2.45) is 0 Å². The summed E-state index contributed by atoms with van der Waals surface area (Å²) in [7, 11) is 0. The Morgan fingerprint density at radius 3 is 2.57 bits per heavy atom. The molecule has 0 heterocycles. The normalized spacial score (nSPS) is 15.1. The average Bonchev–Trinajstić information content (AvgIpc) is 2.19. The minimum Gasteiger partial charge on any atom is -0.508 e. The van der Waals surface area contributed by atoms with E-state index < -0.39 is 12.2 Å². The van der Waals surface area contributed by atoms with Gasteiger partial charge in [0.1, 0.15) is 11.9 Å². The Bertz CT molecular complexity index is 319. The molecular weight excluding hydrogens is 271 g/mol. The molecule has 0 saturated carbocycles. The summed E-state index contributed by atoms with van der Waals surface area (Å²) in [5.74, 6) is -0.155. The lowest BCUT2D eigenvalue weighted by Gasteiger charge is -2.16. The first-order valence-electron chi connectivity index (χ1n) is 3.96. The Morgan fingerprint density at radius 1 is 1.36 bits per heavy atom. The van der Waals surface area contributed by atoms with Gasteiger partial charge in [-0.05, 0) is 18.2 Å². The summed E-state index contributed by atoms with van der Waals surface area (Å²) in [6, 6.07) is 4.61. The molecular formula is C9H10BrClO3. The van der Waals surface area contributed by atoms with Gasteiger partial charge in [0.25, 0.3) is 0 Å². The molecule has 0 aromatic heterocycles. The van der Waals surface area contributed by atoms with Crippen LogP contribution in [0.15, 0.2) is 22.7 Å². The van der Waals surface area contributed by atoms with E-state index in [-0.39, 0.29) is 17.2 Å². The third kappa shape index (κ3) is 2.60. The SMILES string of the molecule is Oc1ccc(Br)cc1C(O)C(O)CCl. The van der Waals surface area contributed by atoms with E-state index in [1.165, 1.54) is 12.1 Å². The van der Waals surface area contributed by atoms with Crippen LogP contribution in [0.1, 0.15) is 11.7 Å². The average molecular weight is 282 g/mol. The summed E-state index contributed by atoms with van der Waals surface area (Å²) in [6.07, 6.45) is -2.26.